The van der Waals surface area contributed by atoms with Gasteiger partial charge in [0, 0.05) is 13.1 Å². The molecule has 0 amide bonds. The van der Waals surface area contributed by atoms with Gasteiger partial charge in [-0.2, -0.15) is 0 Å². The molecule has 0 bridgehead atoms. The van der Waals surface area contributed by atoms with Gasteiger partial charge in [-0.3, -0.25) is 4.90 Å². The Labute approximate surface area is 132 Å². The van der Waals surface area contributed by atoms with Crippen molar-refractivity contribution in [3.05, 3.63) is 66.0 Å². The van der Waals surface area contributed by atoms with Gasteiger partial charge in [0.15, 0.2) is 0 Å². The van der Waals surface area contributed by atoms with Crippen LogP contribution < -0.4 is 5.32 Å². The van der Waals surface area contributed by atoms with E-state index in [1.807, 2.05) is 6.07 Å². The van der Waals surface area contributed by atoms with E-state index in [0.29, 0.717) is 11.6 Å². The summed E-state index contributed by atoms with van der Waals surface area (Å²) in [4.78, 5) is 2.51. The van der Waals surface area contributed by atoms with Crippen LogP contribution in [0.5, 0.6) is 0 Å². The number of anilines is 1. The van der Waals surface area contributed by atoms with Crippen molar-refractivity contribution in [2.45, 2.75) is 19.4 Å². The average molecular weight is 298 g/mol. The third-order valence-corrected chi connectivity index (χ3v) is 4.41. The highest BCUT2D eigenvalue weighted by Crippen LogP contribution is 2.20. The predicted octanol–water partition coefficient (Wildman–Crippen LogP) is 4.15. The second-order valence-electron chi connectivity index (χ2n) is 6.07. The SMILES string of the molecule is Fc1ccccc1NCC1CCN(Cc2ccccc2)CC1. The molecule has 2 aromatic carbocycles. The summed E-state index contributed by atoms with van der Waals surface area (Å²) < 4.78 is 13.6. The van der Waals surface area contributed by atoms with E-state index < -0.39 is 0 Å². The zero-order valence-corrected chi connectivity index (χ0v) is 12.8. The summed E-state index contributed by atoms with van der Waals surface area (Å²) in [6, 6.07) is 17.5. The lowest BCUT2D eigenvalue weighted by Gasteiger charge is -2.32. The maximum absolute atomic E-state index is 13.6. The molecule has 0 spiro atoms. The molecule has 2 nitrogen and oxygen atoms in total. The van der Waals surface area contributed by atoms with Crippen LogP contribution in [0.3, 0.4) is 0 Å². The van der Waals surface area contributed by atoms with Gasteiger partial charge in [-0.05, 0) is 49.5 Å². The van der Waals surface area contributed by atoms with Gasteiger partial charge >= 0.3 is 0 Å². The largest absolute Gasteiger partial charge is 0.382 e. The number of likely N-dealkylation sites (tertiary alicyclic amines) is 1. The Kier molecular flexibility index (Phi) is 5.07. The maximum atomic E-state index is 13.6. The molecule has 0 atom stereocenters. The molecule has 1 aliphatic rings. The Balaban J connectivity index is 1.43. The summed E-state index contributed by atoms with van der Waals surface area (Å²) in [5, 5.41) is 3.25. The Morgan fingerprint density at radius 1 is 0.955 bits per heavy atom. The van der Waals surface area contributed by atoms with Crippen molar-refractivity contribution >= 4 is 5.69 Å². The number of nitrogens with one attached hydrogen (secondary N) is 1. The second kappa shape index (κ2) is 7.41. The van der Waals surface area contributed by atoms with E-state index in [2.05, 4.69) is 40.5 Å². The Bertz CT molecular complexity index is 577. The van der Waals surface area contributed by atoms with Crippen molar-refractivity contribution in [2.24, 2.45) is 5.92 Å². The molecule has 3 heteroatoms. The number of para-hydroxylation sites is 1. The first-order chi connectivity index (χ1) is 10.8. The highest BCUT2D eigenvalue weighted by Gasteiger charge is 2.19. The number of hydrogen-bond acceptors (Lipinski definition) is 2. The second-order valence-corrected chi connectivity index (χ2v) is 6.07. The topological polar surface area (TPSA) is 15.3 Å². The molecule has 0 aromatic heterocycles. The van der Waals surface area contributed by atoms with Gasteiger partial charge in [-0.1, -0.05) is 42.5 Å². The van der Waals surface area contributed by atoms with Gasteiger partial charge in [0.2, 0.25) is 0 Å². The Morgan fingerprint density at radius 2 is 1.64 bits per heavy atom. The molecular formula is C19H23FN2. The summed E-state index contributed by atoms with van der Waals surface area (Å²) >= 11 is 0. The molecule has 2 aromatic rings. The fourth-order valence-corrected chi connectivity index (χ4v) is 3.05. The van der Waals surface area contributed by atoms with Crippen molar-refractivity contribution in [1.29, 1.82) is 0 Å². The van der Waals surface area contributed by atoms with Crippen LogP contribution in [0.25, 0.3) is 0 Å². The third kappa shape index (κ3) is 4.08. The summed E-state index contributed by atoms with van der Waals surface area (Å²) in [6.45, 7) is 4.14. The molecule has 1 fully saturated rings. The summed E-state index contributed by atoms with van der Waals surface area (Å²) in [6.07, 6.45) is 2.35. The zero-order chi connectivity index (χ0) is 15.2. The molecule has 116 valence electrons. The highest BCUT2D eigenvalue weighted by molar-refractivity contribution is 5.44. The van der Waals surface area contributed by atoms with Crippen molar-refractivity contribution in [1.82, 2.24) is 4.90 Å². The third-order valence-electron chi connectivity index (χ3n) is 4.41. The summed E-state index contributed by atoms with van der Waals surface area (Å²) in [5.41, 5.74) is 2.00. The molecular weight excluding hydrogens is 275 g/mol. The fraction of sp³-hybridized carbons (Fsp3) is 0.368. The normalized spacial score (nSPS) is 16.6. The van der Waals surface area contributed by atoms with E-state index in [4.69, 9.17) is 0 Å². The minimum absolute atomic E-state index is 0.163. The van der Waals surface area contributed by atoms with Crippen molar-refractivity contribution in [3.63, 3.8) is 0 Å². The Hall–Kier alpha value is -1.87. The molecule has 1 heterocycles. The standard InChI is InChI=1S/C19H23FN2/c20-18-8-4-5-9-19(18)21-14-16-10-12-22(13-11-16)15-17-6-2-1-3-7-17/h1-9,16,21H,10-15H2. The monoisotopic (exact) mass is 298 g/mol. The van der Waals surface area contributed by atoms with Crippen LogP contribution in [0.2, 0.25) is 0 Å². The van der Waals surface area contributed by atoms with Crippen LogP contribution in [0.15, 0.2) is 54.6 Å². The van der Waals surface area contributed by atoms with Crippen molar-refractivity contribution in [2.75, 3.05) is 25.0 Å². The van der Waals surface area contributed by atoms with Crippen LogP contribution >= 0.6 is 0 Å². The predicted molar refractivity (Wildman–Crippen MR) is 89.3 cm³/mol. The molecule has 0 saturated carbocycles. The van der Waals surface area contributed by atoms with Gasteiger partial charge in [0.05, 0.1) is 5.69 Å². The van der Waals surface area contributed by atoms with Gasteiger partial charge in [0.25, 0.3) is 0 Å². The van der Waals surface area contributed by atoms with Crippen LogP contribution in [-0.2, 0) is 6.54 Å². The van der Waals surface area contributed by atoms with E-state index in [0.717, 1.165) is 26.2 Å². The fourth-order valence-electron chi connectivity index (χ4n) is 3.05. The van der Waals surface area contributed by atoms with Gasteiger partial charge < -0.3 is 5.32 Å². The molecule has 0 radical (unpaired) electrons. The lowest BCUT2D eigenvalue weighted by molar-refractivity contribution is 0.182. The maximum Gasteiger partial charge on any atom is 0.146 e. The van der Waals surface area contributed by atoms with Crippen LogP contribution in [0.4, 0.5) is 10.1 Å². The van der Waals surface area contributed by atoms with Crippen LogP contribution in [0, 0.1) is 11.7 Å². The van der Waals surface area contributed by atoms with Crippen LogP contribution in [0.1, 0.15) is 18.4 Å². The molecule has 0 unspecified atom stereocenters. The lowest BCUT2D eigenvalue weighted by Crippen LogP contribution is -2.35. The number of nitrogens with zero attached hydrogens (tertiary/aromatic N) is 1. The van der Waals surface area contributed by atoms with E-state index in [1.165, 1.54) is 24.5 Å². The average Bonchev–Trinajstić information content (AvgIpc) is 2.56. The van der Waals surface area contributed by atoms with Crippen LogP contribution in [-0.4, -0.2) is 24.5 Å². The minimum Gasteiger partial charge on any atom is -0.382 e. The van der Waals surface area contributed by atoms with Gasteiger partial charge in [-0.15, -0.1) is 0 Å². The molecule has 1 saturated heterocycles. The number of benzene rings is 2. The van der Waals surface area contributed by atoms with E-state index in [9.17, 15) is 4.39 Å². The minimum atomic E-state index is -0.163. The molecule has 0 aliphatic carbocycles. The van der Waals surface area contributed by atoms with E-state index in [1.54, 1.807) is 12.1 Å². The quantitative estimate of drug-likeness (QED) is 0.892. The van der Waals surface area contributed by atoms with Crippen molar-refractivity contribution < 1.29 is 4.39 Å². The first kappa shape index (κ1) is 15.0. The number of piperidine rings is 1. The van der Waals surface area contributed by atoms with E-state index in [-0.39, 0.29) is 5.82 Å². The Morgan fingerprint density at radius 3 is 2.36 bits per heavy atom. The molecule has 1 aliphatic heterocycles. The summed E-state index contributed by atoms with van der Waals surface area (Å²) in [5.74, 6) is 0.468. The van der Waals surface area contributed by atoms with Crippen molar-refractivity contribution in [3.8, 4) is 0 Å². The number of halogens is 1. The van der Waals surface area contributed by atoms with E-state index >= 15 is 0 Å². The lowest BCUT2D eigenvalue weighted by atomic mass is 9.96. The summed E-state index contributed by atoms with van der Waals surface area (Å²) in [7, 11) is 0. The first-order valence-electron chi connectivity index (χ1n) is 8.06. The molecule has 1 N–H and O–H groups in total. The zero-order valence-electron chi connectivity index (χ0n) is 12.8. The van der Waals surface area contributed by atoms with Gasteiger partial charge in [-0.25, -0.2) is 4.39 Å². The highest BCUT2D eigenvalue weighted by atomic mass is 19.1. The molecule has 3 rings (SSSR count). The number of hydrogen-bond donors (Lipinski definition) is 1. The van der Waals surface area contributed by atoms with Gasteiger partial charge in [0.1, 0.15) is 5.82 Å². The molecule has 22 heavy (non-hydrogen) atoms. The number of rotatable bonds is 5. The first-order valence-corrected chi connectivity index (χ1v) is 8.06. The smallest absolute Gasteiger partial charge is 0.146 e.